The van der Waals surface area contributed by atoms with Crippen molar-refractivity contribution >= 4 is 31.8 Å². The molecule has 0 aliphatic rings. The molecule has 0 atom stereocenters. The Labute approximate surface area is 76.9 Å². The average molecular weight is 285 g/mol. The van der Waals surface area contributed by atoms with Crippen molar-refractivity contribution in [3.05, 3.63) is 29.3 Å². The van der Waals surface area contributed by atoms with Crippen molar-refractivity contribution < 1.29 is 8.78 Å². The van der Waals surface area contributed by atoms with Crippen LogP contribution in [0.2, 0.25) is 0 Å². The maximum absolute atomic E-state index is 12.8. The Morgan fingerprint density at radius 1 is 1.36 bits per heavy atom. The molecular formula is C7H5F2Se2. The van der Waals surface area contributed by atoms with E-state index in [1.54, 1.807) is 6.92 Å². The third-order valence-corrected chi connectivity index (χ3v) is 4.58. The van der Waals surface area contributed by atoms with Crippen LogP contribution in [-0.4, -0.2) is 27.3 Å². The molecule has 0 nitrogen and oxygen atoms in total. The zero-order valence-corrected chi connectivity index (χ0v) is 9.15. The number of rotatable bonds is 1. The molecule has 11 heavy (non-hydrogen) atoms. The van der Waals surface area contributed by atoms with Gasteiger partial charge in [-0.05, 0) is 0 Å². The molecule has 0 fully saturated rings. The molecule has 1 radical (unpaired) electrons. The Balaban J connectivity index is 3.24. The van der Waals surface area contributed by atoms with Crippen LogP contribution in [0.5, 0.6) is 0 Å². The van der Waals surface area contributed by atoms with E-state index >= 15 is 0 Å². The predicted octanol–water partition coefficient (Wildman–Crippen LogP) is 0.686. The second kappa shape index (κ2) is 3.68. The summed E-state index contributed by atoms with van der Waals surface area (Å²) in [6, 6.07) is 2.28. The van der Waals surface area contributed by atoms with Crippen LogP contribution < -0.4 is 4.46 Å². The van der Waals surface area contributed by atoms with E-state index in [0.29, 0.717) is 5.56 Å². The summed E-state index contributed by atoms with van der Waals surface area (Å²) in [5.74, 6) is -0.961. The van der Waals surface area contributed by atoms with Crippen LogP contribution in [0.1, 0.15) is 5.56 Å². The van der Waals surface area contributed by atoms with Gasteiger partial charge in [0.05, 0.1) is 0 Å². The molecule has 1 rings (SSSR count). The summed E-state index contributed by atoms with van der Waals surface area (Å²) in [6.07, 6.45) is 0. The second-order valence-corrected chi connectivity index (χ2v) is 5.18. The van der Waals surface area contributed by atoms with Crippen molar-refractivity contribution in [2.45, 2.75) is 6.92 Å². The van der Waals surface area contributed by atoms with Gasteiger partial charge in [-0.15, -0.1) is 0 Å². The number of hydrogen-bond donors (Lipinski definition) is 0. The van der Waals surface area contributed by atoms with Gasteiger partial charge in [-0.2, -0.15) is 0 Å². The molecule has 0 N–H and O–H groups in total. The van der Waals surface area contributed by atoms with Gasteiger partial charge in [0, 0.05) is 0 Å². The van der Waals surface area contributed by atoms with Gasteiger partial charge in [-0.25, -0.2) is 0 Å². The average Bonchev–Trinajstić information content (AvgIpc) is 1.96. The molecule has 59 valence electrons. The van der Waals surface area contributed by atoms with E-state index < -0.39 is 11.6 Å². The van der Waals surface area contributed by atoms with E-state index in [2.05, 4.69) is 14.2 Å². The van der Waals surface area contributed by atoms with Crippen molar-refractivity contribution in [2.75, 3.05) is 0 Å². The zero-order chi connectivity index (χ0) is 8.43. The molecule has 1 aromatic carbocycles. The summed E-state index contributed by atoms with van der Waals surface area (Å²) >= 11 is 2.82. The van der Waals surface area contributed by atoms with Crippen LogP contribution in [0.15, 0.2) is 12.1 Å². The Morgan fingerprint density at radius 2 is 2.00 bits per heavy atom. The molecule has 0 heterocycles. The van der Waals surface area contributed by atoms with E-state index in [4.69, 9.17) is 0 Å². The molecule has 0 saturated carbocycles. The van der Waals surface area contributed by atoms with Crippen LogP contribution in [0.25, 0.3) is 0 Å². The Hall–Kier alpha value is 0.119. The fraction of sp³-hybridized carbons (Fsp3) is 0.143. The third-order valence-electron chi connectivity index (χ3n) is 1.35. The van der Waals surface area contributed by atoms with Gasteiger partial charge in [0.15, 0.2) is 0 Å². The molecule has 1 aromatic rings. The van der Waals surface area contributed by atoms with Crippen LogP contribution in [0.3, 0.4) is 0 Å². The first-order valence-corrected chi connectivity index (χ1v) is 8.09. The molecule has 0 amide bonds. The topological polar surface area (TPSA) is 0 Å². The first-order chi connectivity index (χ1) is 5.15. The summed E-state index contributed by atoms with van der Waals surface area (Å²) in [4.78, 5) is 0. The monoisotopic (exact) mass is 287 g/mol. The van der Waals surface area contributed by atoms with Crippen molar-refractivity contribution in [2.24, 2.45) is 0 Å². The van der Waals surface area contributed by atoms with Crippen LogP contribution in [0, 0.1) is 18.6 Å². The van der Waals surface area contributed by atoms with Gasteiger partial charge < -0.3 is 0 Å². The summed E-state index contributed by atoms with van der Waals surface area (Å²) in [7, 11) is 0. The third kappa shape index (κ3) is 2.03. The van der Waals surface area contributed by atoms with Gasteiger partial charge in [-0.1, -0.05) is 0 Å². The summed E-state index contributed by atoms with van der Waals surface area (Å²) in [6.45, 7) is 1.66. The minimum absolute atomic E-state index is 0.0347. The fourth-order valence-electron chi connectivity index (χ4n) is 0.709. The number of benzene rings is 1. The Kier molecular flexibility index (Phi) is 3.08. The number of hydrogen-bond acceptors (Lipinski definition) is 0. The molecule has 0 spiro atoms. The first kappa shape index (κ1) is 9.21. The quantitative estimate of drug-likeness (QED) is 0.666. The van der Waals surface area contributed by atoms with E-state index in [0.717, 1.165) is 10.5 Å². The minimum atomic E-state index is -0.500. The molecule has 0 aliphatic carbocycles. The number of halogens is 2. The molecular weight excluding hydrogens is 280 g/mol. The Morgan fingerprint density at radius 3 is 2.55 bits per heavy atom. The summed E-state index contributed by atoms with van der Waals surface area (Å²) < 4.78 is 26.1. The van der Waals surface area contributed by atoms with E-state index in [9.17, 15) is 8.78 Å². The molecule has 0 saturated heterocycles. The molecule has 0 bridgehead atoms. The van der Waals surface area contributed by atoms with Gasteiger partial charge in [-0.3, -0.25) is 0 Å². The standard InChI is InChI=1S/C7H5F2Se2/c1-4-6(9)2-5(8)3-7(4)11-10/h2-3H,1H3. The molecule has 0 aromatic heterocycles. The zero-order valence-electron chi connectivity index (χ0n) is 5.73. The fourth-order valence-corrected chi connectivity index (χ4v) is 3.40. The molecule has 0 unspecified atom stereocenters. The van der Waals surface area contributed by atoms with Gasteiger partial charge in [0.25, 0.3) is 0 Å². The maximum atomic E-state index is 12.8. The van der Waals surface area contributed by atoms with Gasteiger partial charge in [0.2, 0.25) is 0 Å². The van der Waals surface area contributed by atoms with Crippen molar-refractivity contribution in [1.82, 2.24) is 0 Å². The summed E-state index contributed by atoms with van der Waals surface area (Å²) in [5.41, 5.74) is 0.546. The Bertz CT molecular complexity index is 273. The second-order valence-electron chi connectivity index (χ2n) is 2.09. The van der Waals surface area contributed by atoms with Gasteiger partial charge >= 0.3 is 76.8 Å². The van der Waals surface area contributed by atoms with E-state index in [-0.39, 0.29) is 13.1 Å². The van der Waals surface area contributed by atoms with Crippen LogP contribution in [0.4, 0.5) is 8.78 Å². The SMILES string of the molecule is Cc1c(F)cc(F)cc1[Se][Se]. The van der Waals surface area contributed by atoms with Crippen molar-refractivity contribution in [1.29, 1.82) is 0 Å². The first-order valence-electron chi connectivity index (χ1n) is 2.90. The molecule has 0 aliphatic heterocycles. The summed E-state index contributed by atoms with van der Waals surface area (Å²) in [5, 5.41) is 0. The van der Waals surface area contributed by atoms with E-state index in [1.165, 1.54) is 6.07 Å². The van der Waals surface area contributed by atoms with Crippen molar-refractivity contribution in [3.63, 3.8) is 0 Å². The van der Waals surface area contributed by atoms with Crippen LogP contribution >= 0.6 is 0 Å². The predicted molar refractivity (Wildman–Crippen MR) is 42.2 cm³/mol. The molecule has 4 heteroatoms. The van der Waals surface area contributed by atoms with Crippen LogP contribution in [-0.2, 0) is 0 Å². The van der Waals surface area contributed by atoms with E-state index in [1.807, 2.05) is 0 Å². The normalized spacial score (nSPS) is 10.2. The van der Waals surface area contributed by atoms with Crippen molar-refractivity contribution in [3.8, 4) is 0 Å². The van der Waals surface area contributed by atoms with Gasteiger partial charge in [0.1, 0.15) is 0 Å².